The van der Waals surface area contributed by atoms with Crippen LogP contribution in [0.4, 0.5) is 0 Å². The summed E-state index contributed by atoms with van der Waals surface area (Å²) in [5.74, 6) is 0.666. The summed E-state index contributed by atoms with van der Waals surface area (Å²) in [6.07, 6.45) is 4.91. The Bertz CT molecular complexity index is 693. The first-order valence-electron chi connectivity index (χ1n) is 7.96. The van der Waals surface area contributed by atoms with Crippen LogP contribution in [0.15, 0.2) is 24.4 Å². The number of H-pyrrole nitrogens is 1. The Morgan fingerprint density at radius 3 is 2.83 bits per heavy atom. The molecule has 0 spiro atoms. The van der Waals surface area contributed by atoms with Crippen LogP contribution in [0.5, 0.6) is 5.75 Å². The predicted molar refractivity (Wildman–Crippen MR) is 90.0 cm³/mol. The molecule has 0 saturated carbocycles. The van der Waals surface area contributed by atoms with Gasteiger partial charge in [0.25, 0.3) is 5.91 Å². The fraction of sp³-hybridized carbons (Fsp3) is 0.412. The van der Waals surface area contributed by atoms with Gasteiger partial charge in [-0.25, -0.2) is 0 Å². The summed E-state index contributed by atoms with van der Waals surface area (Å²) in [5.41, 5.74) is 2.12. The second-order valence-corrected chi connectivity index (χ2v) is 6.00. The van der Waals surface area contributed by atoms with Gasteiger partial charge in [0.2, 0.25) is 0 Å². The summed E-state index contributed by atoms with van der Waals surface area (Å²) in [5, 5.41) is 7.50. The summed E-state index contributed by atoms with van der Waals surface area (Å²) < 4.78 is 5.45. The Balaban J connectivity index is 1.88. The second kappa shape index (κ2) is 7.04. The molecule has 5 nitrogen and oxygen atoms in total. The van der Waals surface area contributed by atoms with Gasteiger partial charge in [0, 0.05) is 18.7 Å². The normalized spacial score (nSPS) is 14.8. The number of amides is 1. The summed E-state index contributed by atoms with van der Waals surface area (Å²) in [7, 11) is 0. The van der Waals surface area contributed by atoms with Gasteiger partial charge in [-0.05, 0) is 44.4 Å². The lowest BCUT2D eigenvalue weighted by Gasteiger charge is -2.26. The SMILES string of the molecule is CCOc1ccc(-c2[nH]ncc2C(=O)N2CCCCC2)cc1Cl. The third-order valence-electron chi connectivity index (χ3n) is 4.03. The molecule has 1 amide bonds. The highest BCUT2D eigenvalue weighted by Crippen LogP contribution is 2.31. The van der Waals surface area contributed by atoms with Crippen LogP contribution in [-0.2, 0) is 0 Å². The van der Waals surface area contributed by atoms with Gasteiger partial charge in [-0.3, -0.25) is 9.89 Å². The summed E-state index contributed by atoms with van der Waals surface area (Å²) in [4.78, 5) is 14.6. The van der Waals surface area contributed by atoms with Gasteiger partial charge in [0.05, 0.1) is 29.1 Å². The summed E-state index contributed by atoms with van der Waals surface area (Å²) >= 11 is 6.25. The minimum Gasteiger partial charge on any atom is -0.492 e. The maximum absolute atomic E-state index is 12.7. The lowest BCUT2D eigenvalue weighted by molar-refractivity contribution is 0.0725. The molecule has 3 rings (SSSR count). The van der Waals surface area contributed by atoms with Gasteiger partial charge in [-0.1, -0.05) is 11.6 Å². The molecule has 0 unspecified atom stereocenters. The highest BCUT2D eigenvalue weighted by atomic mass is 35.5. The van der Waals surface area contributed by atoms with Crippen molar-refractivity contribution in [2.75, 3.05) is 19.7 Å². The van der Waals surface area contributed by atoms with E-state index < -0.39 is 0 Å². The topological polar surface area (TPSA) is 58.2 Å². The lowest BCUT2D eigenvalue weighted by Crippen LogP contribution is -2.35. The van der Waals surface area contributed by atoms with Gasteiger partial charge in [0.15, 0.2) is 0 Å². The fourth-order valence-corrected chi connectivity index (χ4v) is 3.10. The van der Waals surface area contributed by atoms with Crippen LogP contribution >= 0.6 is 11.6 Å². The van der Waals surface area contributed by atoms with E-state index in [4.69, 9.17) is 16.3 Å². The Labute approximate surface area is 140 Å². The van der Waals surface area contributed by atoms with E-state index in [0.29, 0.717) is 28.6 Å². The summed E-state index contributed by atoms with van der Waals surface area (Å²) in [6, 6.07) is 5.50. The molecule has 1 aliphatic heterocycles. The number of hydrogen-bond acceptors (Lipinski definition) is 3. The molecule has 1 saturated heterocycles. The standard InChI is InChI=1S/C17H20ClN3O2/c1-2-23-15-7-6-12(10-14(15)18)16-13(11-19-20-16)17(22)21-8-4-3-5-9-21/h6-7,10-11H,2-5,8-9H2,1H3,(H,19,20). The number of carbonyl (C=O) groups excluding carboxylic acids is 1. The molecule has 0 radical (unpaired) electrons. The van der Waals surface area contributed by atoms with Gasteiger partial charge >= 0.3 is 0 Å². The first kappa shape index (κ1) is 15.9. The number of likely N-dealkylation sites (tertiary alicyclic amines) is 1. The molecule has 1 fully saturated rings. The van der Waals surface area contributed by atoms with Crippen LogP contribution in [0.1, 0.15) is 36.5 Å². The predicted octanol–water partition coefficient (Wildman–Crippen LogP) is 3.75. The molecule has 0 aliphatic carbocycles. The van der Waals surface area contributed by atoms with Crippen molar-refractivity contribution in [1.82, 2.24) is 15.1 Å². The third-order valence-corrected chi connectivity index (χ3v) is 4.33. The number of aromatic nitrogens is 2. The zero-order valence-corrected chi connectivity index (χ0v) is 13.9. The van der Waals surface area contributed by atoms with E-state index in [0.717, 1.165) is 31.5 Å². The van der Waals surface area contributed by atoms with Crippen molar-refractivity contribution in [3.05, 3.63) is 35.0 Å². The minimum absolute atomic E-state index is 0.0263. The van der Waals surface area contributed by atoms with Gasteiger partial charge in [-0.2, -0.15) is 5.10 Å². The molecule has 1 aromatic heterocycles. The zero-order chi connectivity index (χ0) is 16.2. The average Bonchev–Trinajstić information content (AvgIpc) is 3.06. The molecule has 6 heteroatoms. The molecular formula is C17H20ClN3O2. The Kier molecular flexibility index (Phi) is 4.86. The largest absolute Gasteiger partial charge is 0.492 e. The van der Waals surface area contributed by atoms with Gasteiger partial charge in [0.1, 0.15) is 5.75 Å². The lowest BCUT2D eigenvalue weighted by atomic mass is 10.1. The molecule has 23 heavy (non-hydrogen) atoms. The number of hydrogen-bond donors (Lipinski definition) is 1. The molecule has 0 bridgehead atoms. The quantitative estimate of drug-likeness (QED) is 0.926. The highest BCUT2D eigenvalue weighted by Gasteiger charge is 2.23. The number of nitrogens with zero attached hydrogens (tertiary/aromatic N) is 2. The first-order valence-corrected chi connectivity index (χ1v) is 8.34. The molecular weight excluding hydrogens is 314 g/mol. The van der Waals surface area contributed by atoms with Crippen molar-refractivity contribution in [2.24, 2.45) is 0 Å². The number of piperidine rings is 1. The third kappa shape index (κ3) is 3.34. The first-order chi connectivity index (χ1) is 11.2. The monoisotopic (exact) mass is 333 g/mol. The Hall–Kier alpha value is -2.01. The van der Waals surface area contributed by atoms with Crippen LogP contribution < -0.4 is 4.74 Å². The molecule has 1 aromatic carbocycles. The van der Waals surface area contributed by atoms with E-state index in [1.54, 1.807) is 12.3 Å². The second-order valence-electron chi connectivity index (χ2n) is 5.59. The molecule has 122 valence electrons. The highest BCUT2D eigenvalue weighted by molar-refractivity contribution is 6.32. The number of aromatic amines is 1. The van der Waals surface area contributed by atoms with Crippen molar-refractivity contribution >= 4 is 17.5 Å². The Morgan fingerprint density at radius 1 is 1.35 bits per heavy atom. The van der Waals surface area contributed by atoms with Crippen molar-refractivity contribution < 1.29 is 9.53 Å². The van der Waals surface area contributed by atoms with Crippen molar-refractivity contribution in [2.45, 2.75) is 26.2 Å². The average molecular weight is 334 g/mol. The van der Waals surface area contributed by atoms with Crippen LogP contribution in [0.25, 0.3) is 11.3 Å². The number of ether oxygens (including phenoxy) is 1. The van der Waals surface area contributed by atoms with E-state index in [9.17, 15) is 4.79 Å². The number of halogens is 1. The number of benzene rings is 1. The van der Waals surface area contributed by atoms with Crippen molar-refractivity contribution in [3.8, 4) is 17.0 Å². The molecule has 0 atom stereocenters. The van der Waals surface area contributed by atoms with E-state index in [-0.39, 0.29) is 5.91 Å². The van der Waals surface area contributed by atoms with E-state index in [2.05, 4.69) is 10.2 Å². The van der Waals surface area contributed by atoms with E-state index >= 15 is 0 Å². The molecule has 1 N–H and O–H groups in total. The fourth-order valence-electron chi connectivity index (χ4n) is 2.86. The number of rotatable bonds is 4. The Morgan fingerprint density at radius 2 is 2.13 bits per heavy atom. The van der Waals surface area contributed by atoms with Crippen LogP contribution in [0.3, 0.4) is 0 Å². The minimum atomic E-state index is 0.0263. The molecule has 2 aromatic rings. The van der Waals surface area contributed by atoms with Crippen LogP contribution in [-0.4, -0.2) is 40.7 Å². The maximum atomic E-state index is 12.7. The van der Waals surface area contributed by atoms with E-state index in [1.165, 1.54) is 6.42 Å². The number of nitrogens with one attached hydrogen (secondary N) is 1. The smallest absolute Gasteiger partial charge is 0.257 e. The van der Waals surface area contributed by atoms with Crippen molar-refractivity contribution in [1.29, 1.82) is 0 Å². The molecule has 2 heterocycles. The van der Waals surface area contributed by atoms with Crippen LogP contribution in [0.2, 0.25) is 5.02 Å². The summed E-state index contributed by atoms with van der Waals surface area (Å²) in [6.45, 7) is 4.09. The zero-order valence-electron chi connectivity index (χ0n) is 13.1. The van der Waals surface area contributed by atoms with Crippen molar-refractivity contribution in [3.63, 3.8) is 0 Å². The molecule has 1 aliphatic rings. The van der Waals surface area contributed by atoms with E-state index in [1.807, 2.05) is 24.0 Å². The van der Waals surface area contributed by atoms with Gasteiger partial charge in [-0.15, -0.1) is 0 Å². The van der Waals surface area contributed by atoms with Gasteiger partial charge < -0.3 is 9.64 Å². The maximum Gasteiger partial charge on any atom is 0.257 e. The van der Waals surface area contributed by atoms with Crippen LogP contribution in [0, 0.1) is 0 Å². The number of carbonyl (C=O) groups is 1.